The van der Waals surface area contributed by atoms with Crippen LogP contribution < -0.4 is 10.9 Å². The minimum absolute atomic E-state index is 0.0272. The van der Waals surface area contributed by atoms with E-state index in [1.54, 1.807) is 29.2 Å². The summed E-state index contributed by atoms with van der Waals surface area (Å²) in [4.78, 5) is 38.0. The molecule has 3 amide bonds. The Morgan fingerprint density at radius 1 is 1.00 bits per heavy atom. The van der Waals surface area contributed by atoms with Crippen LogP contribution in [0.1, 0.15) is 36.0 Å². The Balaban J connectivity index is 1.62. The fourth-order valence-electron chi connectivity index (χ4n) is 2.69. The molecular formula is C16H18BrN3O3. The molecule has 1 aromatic carbocycles. The van der Waals surface area contributed by atoms with Crippen molar-refractivity contribution in [3.05, 3.63) is 34.3 Å². The third-order valence-corrected chi connectivity index (χ3v) is 4.69. The van der Waals surface area contributed by atoms with Gasteiger partial charge in [-0.15, -0.1) is 0 Å². The number of rotatable bonds is 3. The number of amides is 3. The maximum atomic E-state index is 12.6. The lowest BCUT2D eigenvalue weighted by atomic mass is 10.1. The second-order valence-electron chi connectivity index (χ2n) is 5.92. The van der Waals surface area contributed by atoms with Crippen molar-refractivity contribution < 1.29 is 14.4 Å². The topological polar surface area (TPSA) is 78.5 Å². The van der Waals surface area contributed by atoms with Crippen LogP contribution in [-0.4, -0.2) is 35.2 Å². The molecule has 1 heterocycles. The third-order valence-electron chi connectivity index (χ3n) is 4.16. The summed E-state index contributed by atoms with van der Waals surface area (Å²) in [6.07, 6.45) is 3.13. The number of hydrazine groups is 1. The van der Waals surface area contributed by atoms with Gasteiger partial charge in [-0.05, 0) is 49.9 Å². The van der Waals surface area contributed by atoms with Gasteiger partial charge in [0.25, 0.3) is 11.8 Å². The van der Waals surface area contributed by atoms with Crippen molar-refractivity contribution in [2.45, 2.75) is 31.7 Å². The molecule has 6 nitrogen and oxygen atoms in total. The largest absolute Gasteiger partial charge is 0.327 e. The molecule has 2 aliphatic rings. The zero-order valence-corrected chi connectivity index (χ0v) is 14.1. The van der Waals surface area contributed by atoms with Gasteiger partial charge in [0.05, 0.1) is 0 Å². The highest BCUT2D eigenvalue weighted by Gasteiger charge is 2.35. The molecule has 1 saturated heterocycles. The molecule has 0 radical (unpaired) electrons. The molecule has 1 atom stereocenters. The van der Waals surface area contributed by atoms with Crippen molar-refractivity contribution in [2.24, 2.45) is 5.92 Å². The number of carbonyl (C=O) groups is 3. The van der Waals surface area contributed by atoms with Crippen LogP contribution in [0.5, 0.6) is 0 Å². The van der Waals surface area contributed by atoms with Crippen molar-refractivity contribution in [1.82, 2.24) is 15.8 Å². The van der Waals surface area contributed by atoms with Crippen LogP contribution in [-0.2, 0) is 9.59 Å². The van der Waals surface area contributed by atoms with Gasteiger partial charge in [0.2, 0.25) is 5.91 Å². The van der Waals surface area contributed by atoms with Crippen LogP contribution in [0.2, 0.25) is 0 Å². The molecule has 1 unspecified atom stereocenters. The van der Waals surface area contributed by atoms with Crippen LogP contribution in [0.25, 0.3) is 0 Å². The Bertz CT molecular complexity index is 628. The lowest BCUT2D eigenvalue weighted by Crippen LogP contribution is -2.51. The standard InChI is InChI=1S/C16H18BrN3O3/c17-12-7-5-11(6-8-12)16(23)20-9-1-2-13(20)15(22)19-18-14(21)10-3-4-10/h5-8,10,13H,1-4,9H2,(H,18,21)(H,19,22). The number of nitrogens with one attached hydrogen (secondary N) is 2. The minimum atomic E-state index is -0.536. The average Bonchev–Trinajstić information content (AvgIpc) is 3.29. The van der Waals surface area contributed by atoms with Gasteiger partial charge < -0.3 is 4.90 Å². The predicted octanol–water partition coefficient (Wildman–Crippen LogP) is 1.61. The van der Waals surface area contributed by atoms with Crippen molar-refractivity contribution in [3.63, 3.8) is 0 Å². The smallest absolute Gasteiger partial charge is 0.261 e. The van der Waals surface area contributed by atoms with Crippen LogP contribution in [0.3, 0.4) is 0 Å². The maximum absolute atomic E-state index is 12.6. The summed E-state index contributed by atoms with van der Waals surface area (Å²) < 4.78 is 0.896. The molecule has 0 aromatic heterocycles. The zero-order valence-electron chi connectivity index (χ0n) is 12.5. The van der Waals surface area contributed by atoms with Crippen LogP contribution in [0.4, 0.5) is 0 Å². The Morgan fingerprint density at radius 2 is 1.65 bits per heavy atom. The normalized spacial score (nSPS) is 20.2. The van der Waals surface area contributed by atoms with Crippen LogP contribution >= 0.6 is 15.9 Å². The Kier molecular flexibility index (Phi) is 4.66. The molecule has 0 spiro atoms. The molecule has 122 valence electrons. The number of halogens is 1. The van der Waals surface area contributed by atoms with Crippen molar-refractivity contribution in [3.8, 4) is 0 Å². The van der Waals surface area contributed by atoms with Crippen molar-refractivity contribution >= 4 is 33.7 Å². The summed E-state index contributed by atoms with van der Waals surface area (Å²) in [6.45, 7) is 0.545. The molecule has 1 aliphatic heterocycles. The quantitative estimate of drug-likeness (QED) is 0.783. The van der Waals surface area contributed by atoms with Gasteiger partial charge in [-0.1, -0.05) is 15.9 Å². The van der Waals surface area contributed by atoms with Gasteiger partial charge in [-0.3, -0.25) is 25.2 Å². The van der Waals surface area contributed by atoms with E-state index in [1.807, 2.05) is 0 Å². The van der Waals surface area contributed by atoms with E-state index in [-0.39, 0.29) is 23.6 Å². The summed E-state index contributed by atoms with van der Waals surface area (Å²) >= 11 is 3.33. The summed E-state index contributed by atoms with van der Waals surface area (Å²) in [5.41, 5.74) is 5.45. The average molecular weight is 380 g/mol. The molecular weight excluding hydrogens is 362 g/mol. The SMILES string of the molecule is O=C(NNC(=O)C1CCCN1C(=O)c1ccc(Br)cc1)C1CC1. The first-order chi connectivity index (χ1) is 11.1. The number of hydrogen-bond donors (Lipinski definition) is 2. The Hall–Kier alpha value is -1.89. The van der Waals surface area contributed by atoms with E-state index in [1.165, 1.54) is 0 Å². The molecule has 1 aliphatic carbocycles. The van der Waals surface area contributed by atoms with E-state index in [0.717, 1.165) is 23.7 Å². The van der Waals surface area contributed by atoms with E-state index >= 15 is 0 Å². The number of carbonyl (C=O) groups excluding carboxylic acids is 3. The fraction of sp³-hybridized carbons (Fsp3) is 0.438. The first kappa shape index (κ1) is 16.0. The van der Waals surface area contributed by atoms with E-state index in [9.17, 15) is 14.4 Å². The van der Waals surface area contributed by atoms with Crippen LogP contribution in [0.15, 0.2) is 28.7 Å². The summed E-state index contributed by atoms with van der Waals surface area (Å²) in [6, 6.07) is 6.52. The number of likely N-dealkylation sites (tertiary alicyclic amines) is 1. The van der Waals surface area contributed by atoms with E-state index in [2.05, 4.69) is 26.8 Å². The zero-order chi connectivity index (χ0) is 16.4. The maximum Gasteiger partial charge on any atom is 0.261 e. The Labute approximate surface area is 142 Å². The first-order valence-corrected chi connectivity index (χ1v) is 8.52. The lowest BCUT2D eigenvalue weighted by Gasteiger charge is -2.24. The predicted molar refractivity (Wildman–Crippen MR) is 87.2 cm³/mol. The third kappa shape index (κ3) is 3.72. The summed E-state index contributed by atoms with van der Waals surface area (Å²) in [5, 5.41) is 0. The molecule has 2 fully saturated rings. The summed E-state index contributed by atoms with van der Waals surface area (Å²) in [7, 11) is 0. The van der Waals surface area contributed by atoms with E-state index in [4.69, 9.17) is 0 Å². The molecule has 7 heteroatoms. The van der Waals surface area contributed by atoms with Gasteiger partial charge in [-0.2, -0.15) is 0 Å². The first-order valence-electron chi connectivity index (χ1n) is 7.72. The second kappa shape index (κ2) is 6.70. The van der Waals surface area contributed by atoms with Gasteiger partial charge in [0.1, 0.15) is 6.04 Å². The molecule has 23 heavy (non-hydrogen) atoms. The number of hydrogen-bond acceptors (Lipinski definition) is 3. The molecule has 3 rings (SSSR count). The summed E-state index contributed by atoms with van der Waals surface area (Å²) in [5.74, 6) is -0.618. The van der Waals surface area contributed by atoms with Crippen LogP contribution in [0, 0.1) is 5.92 Å². The van der Waals surface area contributed by atoms with E-state index < -0.39 is 6.04 Å². The van der Waals surface area contributed by atoms with Gasteiger partial charge >= 0.3 is 0 Å². The fourth-order valence-corrected chi connectivity index (χ4v) is 2.96. The molecule has 2 N–H and O–H groups in total. The highest BCUT2D eigenvalue weighted by molar-refractivity contribution is 9.10. The minimum Gasteiger partial charge on any atom is -0.327 e. The molecule has 1 aromatic rings. The highest BCUT2D eigenvalue weighted by Crippen LogP contribution is 2.28. The van der Waals surface area contributed by atoms with E-state index in [0.29, 0.717) is 18.5 Å². The Morgan fingerprint density at radius 3 is 2.30 bits per heavy atom. The van der Waals surface area contributed by atoms with Gasteiger partial charge in [-0.25, -0.2) is 0 Å². The number of benzene rings is 1. The lowest BCUT2D eigenvalue weighted by molar-refractivity contribution is -0.131. The second-order valence-corrected chi connectivity index (χ2v) is 6.83. The molecule has 1 saturated carbocycles. The monoisotopic (exact) mass is 379 g/mol. The van der Waals surface area contributed by atoms with Gasteiger partial charge in [0, 0.05) is 22.5 Å². The highest BCUT2D eigenvalue weighted by atomic mass is 79.9. The van der Waals surface area contributed by atoms with Crippen molar-refractivity contribution in [1.29, 1.82) is 0 Å². The van der Waals surface area contributed by atoms with Crippen molar-refractivity contribution in [2.75, 3.05) is 6.54 Å². The number of nitrogens with zero attached hydrogens (tertiary/aromatic N) is 1. The van der Waals surface area contributed by atoms with Gasteiger partial charge in [0.15, 0.2) is 0 Å². The molecule has 0 bridgehead atoms.